The van der Waals surface area contributed by atoms with Crippen molar-refractivity contribution in [1.29, 1.82) is 0 Å². The standard InChI is InChI=1S/C25H17ClO6/c1-14-9-17(31-25(28)23(26)16-5-3-2-4-6-16)12-20-22(14)24(27)21(32-20)11-15-7-8-18-19(10-15)30-13-29-18/h2-12,23H,13H2,1H3/b21-11-. The van der Waals surface area contributed by atoms with Crippen molar-refractivity contribution in [2.45, 2.75) is 12.3 Å². The summed E-state index contributed by atoms with van der Waals surface area (Å²) in [6.45, 7) is 1.93. The number of ether oxygens (including phenoxy) is 4. The number of ketones is 1. The zero-order valence-electron chi connectivity index (χ0n) is 17.0. The molecule has 2 aliphatic rings. The molecule has 0 aliphatic carbocycles. The van der Waals surface area contributed by atoms with Gasteiger partial charge in [0, 0.05) is 6.07 Å². The minimum atomic E-state index is -0.950. The van der Waals surface area contributed by atoms with Crippen molar-refractivity contribution in [3.63, 3.8) is 0 Å². The molecule has 0 saturated heterocycles. The highest BCUT2D eigenvalue weighted by molar-refractivity contribution is 6.30. The molecule has 0 saturated carbocycles. The molecule has 3 aromatic rings. The van der Waals surface area contributed by atoms with Gasteiger partial charge in [-0.3, -0.25) is 4.79 Å². The number of alkyl halides is 1. The molecule has 32 heavy (non-hydrogen) atoms. The first-order chi connectivity index (χ1) is 15.5. The molecule has 160 valence electrons. The Hall–Kier alpha value is -3.77. The minimum absolute atomic E-state index is 0.171. The Kier molecular flexibility index (Phi) is 5.07. The van der Waals surface area contributed by atoms with Crippen LogP contribution >= 0.6 is 11.6 Å². The summed E-state index contributed by atoms with van der Waals surface area (Å²) in [6, 6.07) is 17.4. The van der Waals surface area contributed by atoms with Crippen LogP contribution < -0.4 is 18.9 Å². The van der Waals surface area contributed by atoms with E-state index in [2.05, 4.69) is 0 Å². The van der Waals surface area contributed by atoms with E-state index in [-0.39, 0.29) is 24.1 Å². The number of halogens is 1. The number of esters is 1. The Morgan fingerprint density at radius 2 is 1.81 bits per heavy atom. The predicted molar refractivity (Wildman–Crippen MR) is 117 cm³/mol. The summed E-state index contributed by atoms with van der Waals surface area (Å²) < 4.78 is 22.0. The summed E-state index contributed by atoms with van der Waals surface area (Å²) >= 11 is 6.25. The molecule has 2 aliphatic heterocycles. The van der Waals surface area contributed by atoms with Crippen molar-refractivity contribution in [2.24, 2.45) is 0 Å². The maximum Gasteiger partial charge on any atom is 0.334 e. The fraction of sp³-hybridized carbons (Fsp3) is 0.120. The molecule has 0 fully saturated rings. The molecular weight excluding hydrogens is 432 g/mol. The summed E-state index contributed by atoms with van der Waals surface area (Å²) in [4.78, 5) is 25.4. The summed E-state index contributed by atoms with van der Waals surface area (Å²) in [5.41, 5.74) is 2.44. The third-order valence-electron chi connectivity index (χ3n) is 5.16. The van der Waals surface area contributed by atoms with E-state index in [9.17, 15) is 9.59 Å². The maximum atomic E-state index is 12.9. The van der Waals surface area contributed by atoms with Gasteiger partial charge in [0.2, 0.25) is 12.6 Å². The van der Waals surface area contributed by atoms with Gasteiger partial charge >= 0.3 is 5.97 Å². The monoisotopic (exact) mass is 448 g/mol. The van der Waals surface area contributed by atoms with Crippen molar-refractivity contribution in [3.05, 3.63) is 88.7 Å². The van der Waals surface area contributed by atoms with Gasteiger partial charge in [-0.15, -0.1) is 11.6 Å². The molecule has 0 aromatic heterocycles. The lowest BCUT2D eigenvalue weighted by Gasteiger charge is -2.11. The number of hydrogen-bond acceptors (Lipinski definition) is 6. The molecule has 7 heteroatoms. The lowest BCUT2D eigenvalue weighted by Crippen LogP contribution is -2.14. The third kappa shape index (κ3) is 3.69. The Labute approximate surface area is 188 Å². The second-order valence-electron chi connectivity index (χ2n) is 7.36. The van der Waals surface area contributed by atoms with Crippen molar-refractivity contribution in [3.8, 4) is 23.0 Å². The van der Waals surface area contributed by atoms with E-state index in [1.807, 2.05) is 12.1 Å². The summed E-state index contributed by atoms with van der Waals surface area (Å²) in [6.07, 6.45) is 1.64. The fourth-order valence-electron chi connectivity index (χ4n) is 3.62. The van der Waals surface area contributed by atoms with E-state index < -0.39 is 11.3 Å². The highest BCUT2D eigenvalue weighted by Crippen LogP contribution is 2.39. The van der Waals surface area contributed by atoms with Crippen molar-refractivity contribution in [1.82, 2.24) is 0 Å². The maximum absolute atomic E-state index is 12.9. The molecule has 6 nitrogen and oxygen atoms in total. The zero-order valence-corrected chi connectivity index (χ0v) is 17.7. The van der Waals surface area contributed by atoms with E-state index >= 15 is 0 Å². The van der Waals surface area contributed by atoms with Crippen molar-refractivity contribution >= 4 is 29.4 Å². The molecule has 2 heterocycles. The van der Waals surface area contributed by atoms with E-state index in [4.69, 9.17) is 30.5 Å². The molecule has 5 rings (SSSR count). The van der Waals surface area contributed by atoms with Gasteiger partial charge in [0.15, 0.2) is 22.6 Å². The number of Topliss-reactive ketones (excluding diaryl/α,β-unsaturated/α-hetero) is 1. The quantitative estimate of drug-likeness (QED) is 0.236. The second kappa shape index (κ2) is 8.05. The number of carbonyl (C=O) groups excluding carboxylic acids is 2. The Morgan fingerprint density at radius 1 is 1.03 bits per heavy atom. The minimum Gasteiger partial charge on any atom is -0.454 e. The number of benzene rings is 3. The fourth-order valence-corrected chi connectivity index (χ4v) is 3.81. The molecule has 1 atom stereocenters. The smallest absolute Gasteiger partial charge is 0.334 e. The molecule has 0 N–H and O–H groups in total. The van der Waals surface area contributed by atoms with E-state index in [0.29, 0.717) is 33.9 Å². The van der Waals surface area contributed by atoms with Crippen LogP contribution in [0.4, 0.5) is 0 Å². The molecule has 1 unspecified atom stereocenters. The number of aryl methyl sites for hydroxylation is 1. The topological polar surface area (TPSA) is 71.1 Å². The highest BCUT2D eigenvalue weighted by atomic mass is 35.5. The first-order valence-electron chi connectivity index (χ1n) is 9.89. The summed E-state index contributed by atoms with van der Waals surface area (Å²) in [5.74, 6) is 1.17. The van der Waals surface area contributed by atoms with Gasteiger partial charge in [0.1, 0.15) is 11.5 Å². The normalized spacial score (nSPS) is 15.9. The molecule has 0 bridgehead atoms. The van der Waals surface area contributed by atoms with Gasteiger partial charge in [0.25, 0.3) is 0 Å². The van der Waals surface area contributed by atoms with Crippen LogP contribution in [0.1, 0.15) is 32.4 Å². The van der Waals surface area contributed by atoms with E-state index in [0.717, 1.165) is 5.56 Å². The average Bonchev–Trinajstić information content (AvgIpc) is 3.38. The van der Waals surface area contributed by atoms with Crippen LogP contribution in [0, 0.1) is 6.92 Å². The SMILES string of the molecule is Cc1cc(OC(=O)C(Cl)c2ccccc2)cc2c1C(=O)/C(=C/c1ccc3c(c1)OCO3)O2. The molecule has 0 radical (unpaired) electrons. The van der Waals surface area contributed by atoms with Gasteiger partial charge in [-0.1, -0.05) is 36.4 Å². The largest absolute Gasteiger partial charge is 0.454 e. The number of hydrogen-bond donors (Lipinski definition) is 0. The van der Waals surface area contributed by atoms with Crippen molar-refractivity contribution < 1.29 is 28.5 Å². The molecule has 3 aromatic carbocycles. The van der Waals surface area contributed by atoms with Gasteiger partial charge < -0.3 is 18.9 Å². The second-order valence-corrected chi connectivity index (χ2v) is 7.80. The predicted octanol–water partition coefficient (Wildman–Crippen LogP) is 5.23. The van der Waals surface area contributed by atoms with Crippen LogP contribution in [0.25, 0.3) is 6.08 Å². The highest BCUT2D eigenvalue weighted by Gasteiger charge is 2.31. The molecule has 0 amide bonds. The van der Waals surface area contributed by atoms with Gasteiger partial charge in [-0.25, -0.2) is 4.79 Å². The Morgan fingerprint density at radius 3 is 2.62 bits per heavy atom. The Bertz CT molecular complexity index is 1260. The molecule has 0 spiro atoms. The first-order valence-corrected chi connectivity index (χ1v) is 10.3. The van der Waals surface area contributed by atoms with Crippen LogP contribution in [0.2, 0.25) is 0 Å². The van der Waals surface area contributed by atoms with E-state index in [1.165, 1.54) is 6.07 Å². The average molecular weight is 449 g/mol. The first kappa shape index (κ1) is 20.2. The summed E-state index contributed by atoms with van der Waals surface area (Å²) in [7, 11) is 0. The Balaban J connectivity index is 1.38. The number of allylic oxidation sites excluding steroid dienone is 1. The number of fused-ring (bicyclic) bond motifs is 2. The van der Waals surface area contributed by atoms with Gasteiger partial charge in [-0.05, 0) is 47.9 Å². The molecular formula is C25H17ClO6. The van der Waals surface area contributed by atoms with Crippen LogP contribution in [-0.4, -0.2) is 18.5 Å². The number of rotatable bonds is 4. The van der Waals surface area contributed by atoms with Crippen LogP contribution in [-0.2, 0) is 4.79 Å². The van der Waals surface area contributed by atoms with Crippen LogP contribution in [0.15, 0.2) is 66.4 Å². The zero-order chi connectivity index (χ0) is 22.2. The van der Waals surface area contributed by atoms with Gasteiger partial charge in [0.05, 0.1) is 5.56 Å². The van der Waals surface area contributed by atoms with Crippen molar-refractivity contribution in [2.75, 3.05) is 6.79 Å². The van der Waals surface area contributed by atoms with E-state index in [1.54, 1.807) is 55.5 Å². The summed E-state index contributed by atoms with van der Waals surface area (Å²) in [5, 5.41) is -0.950. The number of carbonyl (C=O) groups is 2. The van der Waals surface area contributed by atoms with Crippen LogP contribution in [0.5, 0.6) is 23.0 Å². The lowest BCUT2D eigenvalue weighted by molar-refractivity contribution is -0.134. The third-order valence-corrected chi connectivity index (χ3v) is 5.59. The van der Waals surface area contributed by atoms with Gasteiger partial charge in [-0.2, -0.15) is 0 Å². The lowest BCUT2D eigenvalue weighted by atomic mass is 10.0. The van der Waals surface area contributed by atoms with Crippen LogP contribution in [0.3, 0.4) is 0 Å².